The van der Waals surface area contributed by atoms with Crippen molar-refractivity contribution < 1.29 is 12.8 Å². The smallest absolute Gasteiger partial charge is 0.150 e. The summed E-state index contributed by atoms with van der Waals surface area (Å²) in [5.41, 5.74) is 7.82. The van der Waals surface area contributed by atoms with Gasteiger partial charge in [0.05, 0.1) is 11.5 Å². The van der Waals surface area contributed by atoms with E-state index in [1.165, 1.54) is 12.1 Å². The zero-order chi connectivity index (χ0) is 13.3. The van der Waals surface area contributed by atoms with E-state index in [2.05, 4.69) is 0 Å². The van der Waals surface area contributed by atoms with Gasteiger partial charge in [0, 0.05) is 6.04 Å². The molecule has 2 unspecified atom stereocenters. The quantitative estimate of drug-likeness (QED) is 0.914. The van der Waals surface area contributed by atoms with E-state index in [4.69, 9.17) is 5.73 Å². The van der Waals surface area contributed by atoms with Crippen LogP contribution in [0.5, 0.6) is 0 Å². The summed E-state index contributed by atoms with van der Waals surface area (Å²) < 4.78 is 35.8. The van der Waals surface area contributed by atoms with Crippen LogP contribution in [0.2, 0.25) is 0 Å². The Kier molecular flexibility index (Phi) is 3.73. The first-order valence-electron chi connectivity index (χ1n) is 6.09. The van der Waals surface area contributed by atoms with Crippen LogP contribution in [0.25, 0.3) is 0 Å². The van der Waals surface area contributed by atoms with Gasteiger partial charge in [0.25, 0.3) is 0 Å². The van der Waals surface area contributed by atoms with E-state index in [9.17, 15) is 12.8 Å². The Bertz CT molecular complexity index is 542. The SMILES string of the molecule is Cc1cc(F)ccc1C(N)CC1CCS(=O)(=O)C1. The van der Waals surface area contributed by atoms with Crippen molar-refractivity contribution in [3.05, 3.63) is 35.1 Å². The van der Waals surface area contributed by atoms with E-state index in [0.717, 1.165) is 11.1 Å². The largest absolute Gasteiger partial charge is 0.324 e. The maximum Gasteiger partial charge on any atom is 0.150 e. The molecule has 0 saturated carbocycles. The van der Waals surface area contributed by atoms with E-state index in [0.29, 0.717) is 12.8 Å². The Labute approximate surface area is 107 Å². The van der Waals surface area contributed by atoms with Gasteiger partial charge in [0.1, 0.15) is 5.82 Å². The summed E-state index contributed by atoms with van der Waals surface area (Å²) in [6.45, 7) is 1.82. The number of aryl methyl sites for hydroxylation is 1. The monoisotopic (exact) mass is 271 g/mol. The molecule has 1 aromatic rings. The highest BCUT2D eigenvalue weighted by atomic mass is 32.2. The lowest BCUT2D eigenvalue weighted by Crippen LogP contribution is -2.17. The highest BCUT2D eigenvalue weighted by Crippen LogP contribution is 2.29. The van der Waals surface area contributed by atoms with E-state index in [-0.39, 0.29) is 29.3 Å². The third kappa shape index (κ3) is 3.09. The van der Waals surface area contributed by atoms with Gasteiger partial charge in [-0.25, -0.2) is 12.8 Å². The lowest BCUT2D eigenvalue weighted by atomic mass is 9.92. The van der Waals surface area contributed by atoms with Crippen LogP contribution in [0, 0.1) is 18.7 Å². The van der Waals surface area contributed by atoms with Crippen molar-refractivity contribution in [1.82, 2.24) is 0 Å². The Balaban J connectivity index is 2.06. The molecule has 100 valence electrons. The maximum atomic E-state index is 13.0. The minimum absolute atomic E-state index is 0.134. The van der Waals surface area contributed by atoms with E-state index in [1.807, 2.05) is 6.92 Å². The second kappa shape index (κ2) is 4.97. The molecule has 1 aliphatic rings. The average Bonchev–Trinajstić information content (AvgIpc) is 2.57. The molecule has 1 fully saturated rings. The number of benzene rings is 1. The van der Waals surface area contributed by atoms with Crippen LogP contribution in [-0.4, -0.2) is 19.9 Å². The fourth-order valence-corrected chi connectivity index (χ4v) is 4.48. The average molecular weight is 271 g/mol. The molecule has 3 nitrogen and oxygen atoms in total. The summed E-state index contributed by atoms with van der Waals surface area (Å²) in [6.07, 6.45) is 1.34. The van der Waals surface area contributed by atoms with Crippen LogP contribution in [0.3, 0.4) is 0 Å². The van der Waals surface area contributed by atoms with Gasteiger partial charge in [-0.15, -0.1) is 0 Å². The molecule has 0 spiro atoms. The fourth-order valence-electron chi connectivity index (χ4n) is 2.60. The van der Waals surface area contributed by atoms with Crippen LogP contribution < -0.4 is 5.73 Å². The predicted octanol–water partition coefficient (Wildman–Crippen LogP) is 1.96. The first-order valence-corrected chi connectivity index (χ1v) is 7.91. The van der Waals surface area contributed by atoms with Crippen molar-refractivity contribution in [2.24, 2.45) is 11.7 Å². The van der Waals surface area contributed by atoms with Crippen LogP contribution in [0.4, 0.5) is 4.39 Å². The van der Waals surface area contributed by atoms with Gasteiger partial charge >= 0.3 is 0 Å². The van der Waals surface area contributed by atoms with Crippen LogP contribution >= 0.6 is 0 Å². The fraction of sp³-hybridized carbons (Fsp3) is 0.538. The molecule has 1 aromatic carbocycles. The molecule has 1 heterocycles. The second-order valence-electron chi connectivity index (χ2n) is 5.11. The van der Waals surface area contributed by atoms with Gasteiger partial charge in [0.2, 0.25) is 0 Å². The van der Waals surface area contributed by atoms with Crippen molar-refractivity contribution in [3.63, 3.8) is 0 Å². The van der Waals surface area contributed by atoms with E-state index >= 15 is 0 Å². The van der Waals surface area contributed by atoms with Crippen molar-refractivity contribution >= 4 is 9.84 Å². The summed E-state index contributed by atoms with van der Waals surface area (Å²) in [5, 5.41) is 0. The van der Waals surface area contributed by atoms with Crippen LogP contribution in [0.15, 0.2) is 18.2 Å². The number of halogens is 1. The van der Waals surface area contributed by atoms with Gasteiger partial charge in [0.15, 0.2) is 9.84 Å². The summed E-state index contributed by atoms with van der Waals surface area (Å²) >= 11 is 0. The molecule has 0 radical (unpaired) electrons. The molecule has 0 aromatic heterocycles. The van der Waals surface area contributed by atoms with Gasteiger partial charge < -0.3 is 5.73 Å². The van der Waals surface area contributed by atoms with Crippen molar-refractivity contribution in [2.45, 2.75) is 25.8 Å². The highest BCUT2D eigenvalue weighted by molar-refractivity contribution is 7.91. The van der Waals surface area contributed by atoms with Gasteiger partial charge in [-0.05, 0) is 48.9 Å². The molecule has 2 rings (SSSR count). The van der Waals surface area contributed by atoms with Gasteiger partial charge in [-0.1, -0.05) is 6.07 Å². The first kappa shape index (κ1) is 13.5. The normalized spacial score (nSPS) is 24.1. The number of hydrogen-bond acceptors (Lipinski definition) is 3. The lowest BCUT2D eigenvalue weighted by Gasteiger charge is -2.18. The van der Waals surface area contributed by atoms with Gasteiger partial charge in [-0.2, -0.15) is 0 Å². The molecular formula is C13H18FNO2S. The summed E-state index contributed by atoms with van der Waals surface area (Å²) in [7, 11) is -2.86. The Morgan fingerprint density at radius 3 is 2.78 bits per heavy atom. The molecular weight excluding hydrogens is 253 g/mol. The number of nitrogens with two attached hydrogens (primary N) is 1. The highest BCUT2D eigenvalue weighted by Gasteiger charge is 2.29. The maximum absolute atomic E-state index is 13.0. The predicted molar refractivity (Wildman–Crippen MR) is 69.4 cm³/mol. The van der Waals surface area contributed by atoms with Crippen LogP contribution in [-0.2, 0) is 9.84 Å². The third-order valence-electron chi connectivity index (χ3n) is 3.55. The van der Waals surface area contributed by atoms with Crippen molar-refractivity contribution in [1.29, 1.82) is 0 Å². The number of rotatable bonds is 3. The minimum Gasteiger partial charge on any atom is -0.324 e. The number of hydrogen-bond donors (Lipinski definition) is 1. The Morgan fingerprint density at radius 2 is 2.22 bits per heavy atom. The zero-order valence-electron chi connectivity index (χ0n) is 10.4. The number of sulfone groups is 1. The molecule has 1 saturated heterocycles. The summed E-state index contributed by atoms with van der Waals surface area (Å²) in [5.74, 6) is 0.370. The molecule has 0 amide bonds. The zero-order valence-corrected chi connectivity index (χ0v) is 11.2. The van der Waals surface area contributed by atoms with Gasteiger partial charge in [-0.3, -0.25) is 0 Å². The molecule has 0 bridgehead atoms. The summed E-state index contributed by atoms with van der Waals surface area (Å²) in [6, 6.07) is 4.33. The molecule has 18 heavy (non-hydrogen) atoms. The van der Waals surface area contributed by atoms with E-state index < -0.39 is 9.84 Å². The van der Waals surface area contributed by atoms with Crippen LogP contribution in [0.1, 0.15) is 30.0 Å². The Morgan fingerprint density at radius 1 is 1.50 bits per heavy atom. The summed E-state index contributed by atoms with van der Waals surface area (Å²) in [4.78, 5) is 0. The first-order chi connectivity index (χ1) is 8.37. The minimum atomic E-state index is -2.86. The third-order valence-corrected chi connectivity index (χ3v) is 5.38. The topological polar surface area (TPSA) is 60.2 Å². The molecule has 2 atom stereocenters. The Hall–Kier alpha value is -0.940. The lowest BCUT2D eigenvalue weighted by molar-refractivity contribution is 0.479. The van der Waals surface area contributed by atoms with Crippen molar-refractivity contribution in [3.8, 4) is 0 Å². The van der Waals surface area contributed by atoms with Crippen molar-refractivity contribution in [2.75, 3.05) is 11.5 Å². The van der Waals surface area contributed by atoms with E-state index in [1.54, 1.807) is 6.07 Å². The second-order valence-corrected chi connectivity index (χ2v) is 7.34. The standard InChI is InChI=1S/C13H18FNO2S/c1-9-6-11(14)2-3-12(9)13(15)7-10-4-5-18(16,17)8-10/h2-3,6,10,13H,4-5,7-8,15H2,1H3. The molecule has 1 aliphatic heterocycles. The molecule has 2 N–H and O–H groups in total. The molecule has 5 heteroatoms. The molecule has 0 aliphatic carbocycles.